The van der Waals surface area contributed by atoms with Gasteiger partial charge in [-0.15, -0.1) is 0 Å². The molecular formula is C21H20N4OS. The summed E-state index contributed by atoms with van der Waals surface area (Å²) in [5.74, 6) is -0.175. The number of benzene rings is 1. The number of nitrogens with zero attached hydrogens (tertiary/aromatic N) is 3. The summed E-state index contributed by atoms with van der Waals surface area (Å²) >= 11 is 1.38. The zero-order valence-electron chi connectivity index (χ0n) is 15.7. The van der Waals surface area contributed by atoms with E-state index >= 15 is 0 Å². The average Bonchev–Trinajstić information content (AvgIpc) is 3.11. The van der Waals surface area contributed by atoms with Crippen molar-refractivity contribution in [3.05, 3.63) is 69.5 Å². The molecule has 2 aromatic rings. The van der Waals surface area contributed by atoms with Crippen LogP contribution < -0.4 is 0 Å². The number of aromatic nitrogens is 1. The van der Waals surface area contributed by atoms with Gasteiger partial charge in [0.15, 0.2) is 5.17 Å². The van der Waals surface area contributed by atoms with Crippen LogP contribution in [-0.4, -0.2) is 26.4 Å². The first-order chi connectivity index (χ1) is 12.9. The molecule has 0 bridgehead atoms. The average molecular weight is 376 g/mol. The van der Waals surface area contributed by atoms with E-state index in [4.69, 9.17) is 5.41 Å². The lowest BCUT2D eigenvalue weighted by Crippen LogP contribution is -2.37. The van der Waals surface area contributed by atoms with E-state index in [9.17, 15) is 4.79 Å². The second-order valence-corrected chi connectivity index (χ2v) is 7.66. The lowest BCUT2D eigenvalue weighted by molar-refractivity contribution is -0.114. The van der Waals surface area contributed by atoms with Crippen molar-refractivity contribution < 1.29 is 4.79 Å². The number of amidine groups is 2. The third-order valence-corrected chi connectivity index (χ3v) is 5.76. The summed E-state index contributed by atoms with van der Waals surface area (Å²) < 4.78 is 2.17. The fourth-order valence-electron chi connectivity index (χ4n) is 3.50. The summed E-state index contributed by atoms with van der Waals surface area (Å²) in [6.07, 6.45) is 1.79. The number of hydrogen-bond donors (Lipinski definition) is 1. The summed E-state index contributed by atoms with van der Waals surface area (Å²) in [6.45, 7) is 8.07. The lowest BCUT2D eigenvalue weighted by Gasteiger charge is -2.25. The highest BCUT2D eigenvalue weighted by Gasteiger charge is 2.34. The van der Waals surface area contributed by atoms with Crippen LogP contribution in [0.5, 0.6) is 0 Å². The van der Waals surface area contributed by atoms with Gasteiger partial charge in [0.05, 0.1) is 5.57 Å². The summed E-state index contributed by atoms with van der Waals surface area (Å²) in [7, 11) is 0. The molecule has 4 rings (SSSR count). The van der Waals surface area contributed by atoms with Gasteiger partial charge >= 0.3 is 0 Å². The first kappa shape index (κ1) is 17.5. The molecule has 5 nitrogen and oxygen atoms in total. The molecule has 1 N–H and O–H groups in total. The van der Waals surface area contributed by atoms with Gasteiger partial charge in [0.25, 0.3) is 5.91 Å². The maximum atomic E-state index is 12.5. The Morgan fingerprint density at radius 1 is 1.15 bits per heavy atom. The number of aryl methyl sites for hydroxylation is 2. The van der Waals surface area contributed by atoms with Gasteiger partial charge in [-0.3, -0.25) is 15.1 Å². The Morgan fingerprint density at radius 3 is 2.67 bits per heavy atom. The molecule has 0 saturated carbocycles. The van der Waals surface area contributed by atoms with Gasteiger partial charge in [0, 0.05) is 22.8 Å². The summed E-state index contributed by atoms with van der Waals surface area (Å²) in [5, 5.41) is 11.0. The molecule has 0 unspecified atom stereocenters. The lowest BCUT2D eigenvalue weighted by atomic mass is 10.1. The van der Waals surface area contributed by atoms with Gasteiger partial charge in [-0.25, -0.2) is 0 Å². The SMILES string of the molecule is CC1=CSC2=NC(=O)C(=Cc3cc(C)n(-c4cccc(C)c4)c3C)C(=N)N12. The molecule has 1 aromatic carbocycles. The van der Waals surface area contributed by atoms with Crippen LogP contribution in [0, 0.1) is 26.2 Å². The molecule has 1 aromatic heterocycles. The minimum atomic E-state index is -0.359. The number of carbonyl (C=O) groups excluding carboxylic acids is 1. The van der Waals surface area contributed by atoms with Crippen molar-refractivity contribution in [1.82, 2.24) is 9.47 Å². The predicted molar refractivity (Wildman–Crippen MR) is 111 cm³/mol. The topological polar surface area (TPSA) is 61.5 Å². The molecule has 2 aliphatic rings. The Labute approximate surface area is 162 Å². The number of thioether (sulfide) groups is 1. The maximum absolute atomic E-state index is 12.5. The van der Waals surface area contributed by atoms with Crippen LogP contribution in [-0.2, 0) is 4.79 Å². The Morgan fingerprint density at radius 2 is 1.93 bits per heavy atom. The molecule has 1 amide bonds. The van der Waals surface area contributed by atoms with E-state index < -0.39 is 0 Å². The van der Waals surface area contributed by atoms with Gasteiger partial charge in [0.1, 0.15) is 5.84 Å². The van der Waals surface area contributed by atoms with E-state index in [1.165, 1.54) is 17.3 Å². The Kier molecular flexibility index (Phi) is 4.15. The molecule has 0 radical (unpaired) electrons. The predicted octanol–water partition coefficient (Wildman–Crippen LogP) is 4.57. The van der Waals surface area contributed by atoms with Crippen molar-refractivity contribution in [3.8, 4) is 5.69 Å². The maximum Gasteiger partial charge on any atom is 0.283 e. The first-order valence-corrected chi connectivity index (χ1v) is 9.58. The van der Waals surface area contributed by atoms with Gasteiger partial charge in [-0.05, 0) is 68.5 Å². The van der Waals surface area contributed by atoms with Crippen molar-refractivity contribution in [2.45, 2.75) is 27.7 Å². The van der Waals surface area contributed by atoms with Crippen molar-refractivity contribution in [3.63, 3.8) is 0 Å². The van der Waals surface area contributed by atoms with Crippen LogP contribution in [0.1, 0.15) is 29.4 Å². The second kappa shape index (κ2) is 6.39. The Balaban J connectivity index is 1.79. The molecule has 0 atom stereocenters. The molecule has 0 aliphatic carbocycles. The van der Waals surface area contributed by atoms with Gasteiger partial charge < -0.3 is 4.57 Å². The van der Waals surface area contributed by atoms with Crippen LogP contribution >= 0.6 is 11.8 Å². The first-order valence-electron chi connectivity index (χ1n) is 8.70. The van der Waals surface area contributed by atoms with Gasteiger partial charge in [-0.1, -0.05) is 23.9 Å². The van der Waals surface area contributed by atoms with Crippen molar-refractivity contribution in [2.75, 3.05) is 0 Å². The van der Waals surface area contributed by atoms with Crippen LogP contribution in [0.25, 0.3) is 11.8 Å². The minimum Gasteiger partial charge on any atom is -0.318 e. The van der Waals surface area contributed by atoms with E-state index in [1.54, 1.807) is 11.0 Å². The number of allylic oxidation sites excluding steroid dienone is 1. The molecule has 3 heterocycles. The molecule has 27 heavy (non-hydrogen) atoms. The number of aliphatic imine (C=N–C) groups is 1. The van der Waals surface area contributed by atoms with Crippen LogP contribution in [0.15, 0.2) is 52.0 Å². The summed E-state index contributed by atoms with van der Waals surface area (Å²) in [5.41, 5.74) is 6.55. The Hall–Kier alpha value is -2.86. The fourth-order valence-corrected chi connectivity index (χ4v) is 4.35. The molecule has 136 valence electrons. The molecule has 2 aliphatic heterocycles. The number of carbonyl (C=O) groups is 1. The normalized spacial score (nSPS) is 18.1. The van der Waals surface area contributed by atoms with Gasteiger partial charge in [-0.2, -0.15) is 4.99 Å². The fraction of sp³-hybridized carbons (Fsp3) is 0.190. The van der Waals surface area contributed by atoms with E-state index in [0.29, 0.717) is 10.7 Å². The van der Waals surface area contributed by atoms with E-state index in [0.717, 1.165) is 28.3 Å². The molecule has 6 heteroatoms. The molecule has 0 fully saturated rings. The smallest absolute Gasteiger partial charge is 0.283 e. The number of rotatable bonds is 2. The number of amides is 1. The molecular weight excluding hydrogens is 356 g/mol. The molecule has 0 spiro atoms. The Bertz CT molecular complexity index is 1090. The van der Waals surface area contributed by atoms with E-state index in [1.807, 2.05) is 38.3 Å². The van der Waals surface area contributed by atoms with E-state index in [-0.39, 0.29) is 11.7 Å². The highest BCUT2D eigenvalue weighted by atomic mass is 32.2. The van der Waals surface area contributed by atoms with Crippen molar-refractivity contribution in [1.29, 1.82) is 5.41 Å². The highest BCUT2D eigenvalue weighted by Crippen LogP contribution is 2.32. The minimum absolute atomic E-state index is 0.184. The number of fused-ring (bicyclic) bond motifs is 1. The van der Waals surface area contributed by atoms with E-state index in [2.05, 4.69) is 34.7 Å². The summed E-state index contributed by atoms with van der Waals surface area (Å²) in [6, 6.07) is 10.4. The third kappa shape index (κ3) is 2.86. The number of hydrogen-bond acceptors (Lipinski definition) is 3. The quantitative estimate of drug-likeness (QED) is 0.781. The molecule has 0 saturated heterocycles. The number of nitrogens with one attached hydrogen (secondary N) is 1. The highest BCUT2D eigenvalue weighted by molar-refractivity contribution is 8.16. The summed E-state index contributed by atoms with van der Waals surface area (Å²) in [4.78, 5) is 18.4. The zero-order valence-corrected chi connectivity index (χ0v) is 16.5. The van der Waals surface area contributed by atoms with Crippen molar-refractivity contribution in [2.24, 2.45) is 4.99 Å². The largest absolute Gasteiger partial charge is 0.318 e. The second-order valence-electron chi connectivity index (χ2n) is 6.82. The standard InChI is InChI=1S/C21H20N4OS/c1-12-6-5-7-17(8-12)24-13(2)9-16(15(24)4)10-18-19(22)25-14(3)11-27-21(25)23-20(18)26/h5-11,22H,1-4H3. The van der Waals surface area contributed by atoms with Crippen LogP contribution in [0.4, 0.5) is 0 Å². The van der Waals surface area contributed by atoms with Crippen LogP contribution in [0.2, 0.25) is 0 Å². The third-order valence-electron chi connectivity index (χ3n) is 4.82. The van der Waals surface area contributed by atoms with Crippen molar-refractivity contribution >= 4 is 34.7 Å². The monoisotopic (exact) mass is 376 g/mol. The van der Waals surface area contributed by atoms with Gasteiger partial charge in [0.2, 0.25) is 0 Å². The van der Waals surface area contributed by atoms with Crippen LogP contribution in [0.3, 0.4) is 0 Å². The zero-order chi connectivity index (χ0) is 19.3.